The highest BCUT2D eigenvalue weighted by Gasteiger charge is 2.03. The number of hydrogen-bond donors (Lipinski definition) is 0. The summed E-state index contributed by atoms with van der Waals surface area (Å²) in [6.45, 7) is 10.4. The number of ether oxygens (including phenoxy) is 2. The third kappa shape index (κ3) is 20.3. The van der Waals surface area contributed by atoms with Crippen LogP contribution in [0.2, 0.25) is 0 Å². The molecule has 0 saturated carbocycles. The Morgan fingerprint density at radius 2 is 1.72 bits per heavy atom. The SMILES string of the molecule is C=CCOC(=O)OC(C)C.CC(C)OS(C)(=O)=O. The third-order valence-corrected chi connectivity index (χ3v) is 1.75. The quantitative estimate of drug-likeness (QED) is 0.436. The van der Waals surface area contributed by atoms with E-state index in [4.69, 9.17) is 0 Å². The second-order valence-corrected chi connectivity index (χ2v) is 5.47. The van der Waals surface area contributed by atoms with Crippen molar-refractivity contribution in [3.05, 3.63) is 12.7 Å². The van der Waals surface area contributed by atoms with E-state index in [9.17, 15) is 13.2 Å². The highest BCUT2D eigenvalue weighted by atomic mass is 32.2. The van der Waals surface area contributed by atoms with E-state index < -0.39 is 16.3 Å². The first kappa shape index (κ1) is 19.3. The maximum Gasteiger partial charge on any atom is 0.508 e. The molecule has 7 heteroatoms. The van der Waals surface area contributed by atoms with Gasteiger partial charge in [-0.1, -0.05) is 12.7 Å². The fraction of sp³-hybridized carbons (Fsp3) is 0.727. The second kappa shape index (κ2) is 9.90. The maximum atomic E-state index is 10.5. The minimum atomic E-state index is -3.22. The molecule has 0 aliphatic carbocycles. The highest BCUT2D eigenvalue weighted by molar-refractivity contribution is 7.86. The van der Waals surface area contributed by atoms with Crippen LogP contribution in [0, 0.1) is 0 Å². The van der Waals surface area contributed by atoms with Gasteiger partial charge >= 0.3 is 6.16 Å². The van der Waals surface area contributed by atoms with Gasteiger partial charge in [-0.2, -0.15) is 8.42 Å². The molecule has 0 aliphatic heterocycles. The highest BCUT2D eigenvalue weighted by Crippen LogP contribution is 1.93. The van der Waals surface area contributed by atoms with Crippen molar-refractivity contribution in [1.82, 2.24) is 0 Å². The summed E-state index contributed by atoms with van der Waals surface area (Å²) in [5, 5.41) is 0. The molecule has 0 aromatic heterocycles. The first-order valence-corrected chi connectivity index (χ1v) is 7.22. The molecule has 0 radical (unpaired) electrons. The van der Waals surface area contributed by atoms with Gasteiger partial charge in [0.1, 0.15) is 6.61 Å². The van der Waals surface area contributed by atoms with Crippen LogP contribution in [-0.2, 0) is 23.8 Å². The van der Waals surface area contributed by atoms with E-state index in [0.29, 0.717) is 0 Å². The van der Waals surface area contributed by atoms with Crippen molar-refractivity contribution >= 4 is 16.3 Å². The summed E-state index contributed by atoms with van der Waals surface area (Å²) in [6.07, 6.45) is 1.51. The molecule has 0 amide bonds. The van der Waals surface area contributed by atoms with Crippen LogP contribution in [-0.4, -0.2) is 39.6 Å². The van der Waals surface area contributed by atoms with Crippen molar-refractivity contribution in [2.75, 3.05) is 12.9 Å². The standard InChI is InChI=1S/C7H12O3.C4H10O3S/c1-4-5-9-7(8)10-6(2)3;1-4(2)7-8(3,5)6/h4,6H,1,5H2,2-3H3;4H,1-3H3. The predicted molar refractivity (Wildman–Crippen MR) is 68.8 cm³/mol. The Bertz CT molecular complexity index is 331. The van der Waals surface area contributed by atoms with Crippen LogP contribution < -0.4 is 0 Å². The van der Waals surface area contributed by atoms with Gasteiger partial charge in [-0.3, -0.25) is 4.18 Å². The molecule has 0 rings (SSSR count). The third-order valence-electron chi connectivity index (χ3n) is 1.02. The normalized spacial score (nSPS) is 10.6. The molecule has 0 saturated heterocycles. The first-order chi connectivity index (χ1) is 8.08. The van der Waals surface area contributed by atoms with Gasteiger partial charge in [0.2, 0.25) is 0 Å². The van der Waals surface area contributed by atoms with Crippen LogP contribution in [0.25, 0.3) is 0 Å². The number of carbonyl (C=O) groups excluding carboxylic acids is 1. The first-order valence-electron chi connectivity index (χ1n) is 5.41. The van der Waals surface area contributed by atoms with E-state index >= 15 is 0 Å². The number of hydrogen-bond acceptors (Lipinski definition) is 6. The lowest BCUT2D eigenvalue weighted by atomic mass is 10.5. The topological polar surface area (TPSA) is 78.9 Å². The molecule has 18 heavy (non-hydrogen) atoms. The molecule has 0 bridgehead atoms. The van der Waals surface area contributed by atoms with E-state index in [1.54, 1.807) is 27.7 Å². The van der Waals surface area contributed by atoms with Crippen molar-refractivity contribution in [3.8, 4) is 0 Å². The zero-order valence-electron chi connectivity index (χ0n) is 11.5. The summed E-state index contributed by atoms with van der Waals surface area (Å²) in [5.74, 6) is 0. The average molecular weight is 282 g/mol. The minimum Gasteiger partial charge on any atom is -0.432 e. The van der Waals surface area contributed by atoms with Crippen LogP contribution in [0.1, 0.15) is 27.7 Å². The fourth-order valence-electron chi connectivity index (χ4n) is 0.703. The van der Waals surface area contributed by atoms with Gasteiger partial charge in [-0.25, -0.2) is 4.79 Å². The Labute approximate surface area is 109 Å². The van der Waals surface area contributed by atoms with Gasteiger partial charge in [-0.15, -0.1) is 0 Å². The van der Waals surface area contributed by atoms with E-state index in [-0.39, 0.29) is 18.8 Å². The largest absolute Gasteiger partial charge is 0.508 e. The van der Waals surface area contributed by atoms with Crippen molar-refractivity contribution in [1.29, 1.82) is 0 Å². The summed E-state index contributed by atoms with van der Waals surface area (Å²) in [5.41, 5.74) is 0. The molecule has 0 atom stereocenters. The molecule has 6 nitrogen and oxygen atoms in total. The van der Waals surface area contributed by atoms with E-state index in [0.717, 1.165) is 6.26 Å². The smallest absolute Gasteiger partial charge is 0.432 e. The molecule has 0 aromatic carbocycles. The summed E-state index contributed by atoms with van der Waals surface area (Å²) in [7, 11) is -3.22. The predicted octanol–water partition coefficient (Wildman–Crippen LogP) is 2.10. The van der Waals surface area contributed by atoms with Crippen molar-refractivity contribution in [2.24, 2.45) is 0 Å². The van der Waals surface area contributed by atoms with Gasteiger partial charge in [-0.05, 0) is 27.7 Å². The van der Waals surface area contributed by atoms with Crippen LogP contribution in [0.3, 0.4) is 0 Å². The monoisotopic (exact) mass is 282 g/mol. The lowest BCUT2D eigenvalue weighted by Crippen LogP contribution is -2.12. The van der Waals surface area contributed by atoms with E-state index in [1.807, 2.05) is 0 Å². The molecule has 0 unspecified atom stereocenters. The molecular weight excluding hydrogens is 260 g/mol. The lowest BCUT2D eigenvalue weighted by molar-refractivity contribution is 0.0414. The minimum absolute atomic E-state index is 0.127. The van der Waals surface area contributed by atoms with Crippen molar-refractivity contribution in [3.63, 3.8) is 0 Å². The summed E-state index contributed by atoms with van der Waals surface area (Å²) >= 11 is 0. The average Bonchev–Trinajstić information content (AvgIpc) is 2.10. The fourth-order valence-corrected chi connectivity index (χ4v) is 1.40. The Kier molecular flexibility index (Phi) is 10.6. The molecule has 0 N–H and O–H groups in total. The molecule has 108 valence electrons. The van der Waals surface area contributed by atoms with Gasteiger partial charge in [0.15, 0.2) is 0 Å². The lowest BCUT2D eigenvalue weighted by Gasteiger charge is -2.06. The molecule has 0 spiro atoms. The van der Waals surface area contributed by atoms with Crippen LogP contribution >= 0.6 is 0 Å². The zero-order chi connectivity index (χ0) is 14.8. The van der Waals surface area contributed by atoms with Crippen LogP contribution in [0.5, 0.6) is 0 Å². The van der Waals surface area contributed by atoms with Gasteiger partial charge in [0.05, 0.1) is 18.5 Å². The van der Waals surface area contributed by atoms with Gasteiger partial charge < -0.3 is 9.47 Å². The Morgan fingerprint density at radius 1 is 1.22 bits per heavy atom. The maximum absolute atomic E-state index is 10.5. The summed E-state index contributed by atoms with van der Waals surface area (Å²) in [6, 6.07) is 0. The number of rotatable bonds is 5. The van der Waals surface area contributed by atoms with Gasteiger partial charge in [0.25, 0.3) is 10.1 Å². The molecule has 0 heterocycles. The van der Waals surface area contributed by atoms with Gasteiger partial charge in [0, 0.05) is 0 Å². The molecular formula is C11H22O6S. The van der Waals surface area contributed by atoms with Crippen LogP contribution in [0.15, 0.2) is 12.7 Å². The Balaban J connectivity index is 0. The van der Waals surface area contributed by atoms with E-state index in [2.05, 4.69) is 20.2 Å². The van der Waals surface area contributed by atoms with E-state index in [1.165, 1.54) is 6.08 Å². The van der Waals surface area contributed by atoms with Crippen molar-refractivity contribution < 1.29 is 26.9 Å². The second-order valence-electron chi connectivity index (χ2n) is 3.87. The number of carbonyl (C=O) groups is 1. The van der Waals surface area contributed by atoms with Crippen LogP contribution in [0.4, 0.5) is 4.79 Å². The summed E-state index contributed by atoms with van der Waals surface area (Å²) in [4.78, 5) is 10.5. The molecule has 0 fully saturated rings. The Morgan fingerprint density at radius 3 is 1.94 bits per heavy atom. The van der Waals surface area contributed by atoms with Crippen molar-refractivity contribution in [2.45, 2.75) is 39.9 Å². The summed E-state index contributed by atoms with van der Waals surface area (Å²) < 4.78 is 34.0. The molecule has 0 aromatic rings. The molecule has 0 aliphatic rings. The zero-order valence-corrected chi connectivity index (χ0v) is 12.3. The Hall–Kier alpha value is -1.08.